The number of rotatable bonds is 1. The maximum absolute atomic E-state index is 10.5. The van der Waals surface area contributed by atoms with E-state index in [1.807, 2.05) is 0 Å². The summed E-state index contributed by atoms with van der Waals surface area (Å²) in [5.74, 6) is -3.23. The molecule has 0 aliphatic heterocycles. The van der Waals surface area contributed by atoms with E-state index in [2.05, 4.69) is 0 Å². The maximum Gasteiger partial charge on any atom is 0.299 e. The summed E-state index contributed by atoms with van der Waals surface area (Å²) in [6.45, 7) is 0. The Morgan fingerprint density at radius 1 is 1.67 bits per heavy atom. The van der Waals surface area contributed by atoms with Gasteiger partial charge in [0, 0.05) is 11.1 Å². The number of hydrogen-bond donors (Lipinski definition) is 0. The second-order valence-electron chi connectivity index (χ2n) is 0.521. The van der Waals surface area contributed by atoms with Gasteiger partial charge in [-0.15, -0.1) is 0 Å². The van der Waals surface area contributed by atoms with E-state index < -0.39 is 16.8 Å². The molecule has 38 valence electrons. The standard InChI is InChI=1S/CH2F2O2S/c2-1(3)6(4)5/h1H,(H,4,5)/p-1. The molecule has 0 N–H and O–H groups in total. The minimum absolute atomic E-state index is 3.20. The van der Waals surface area contributed by atoms with Crippen LogP contribution < -0.4 is 0 Å². The SMILES string of the molecule is O=S([O-])C(F)F. The molecule has 6 heavy (non-hydrogen) atoms. The molecule has 0 bridgehead atoms. The van der Waals surface area contributed by atoms with E-state index >= 15 is 0 Å². The van der Waals surface area contributed by atoms with Crippen LogP contribution in [0.5, 0.6) is 0 Å². The van der Waals surface area contributed by atoms with Gasteiger partial charge < -0.3 is 4.55 Å². The molecular weight excluding hydrogens is 114 g/mol. The highest BCUT2D eigenvalue weighted by atomic mass is 32.2. The van der Waals surface area contributed by atoms with Crippen LogP contribution in [-0.2, 0) is 11.1 Å². The van der Waals surface area contributed by atoms with Gasteiger partial charge in [-0.25, -0.2) is 0 Å². The average Bonchev–Trinajstić information content (AvgIpc) is 1.36. The van der Waals surface area contributed by atoms with Gasteiger partial charge in [0.2, 0.25) is 0 Å². The molecule has 0 spiro atoms. The van der Waals surface area contributed by atoms with Crippen molar-refractivity contribution in [2.24, 2.45) is 0 Å². The molecule has 0 radical (unpaired) electrons. The Balaban J connectivity index is 3.26. The Morgan fingerprint density at radius 2 is 1.83 bits per heavy atom. The third kappa shape index (κ3) is 2.22. The molecule has 5 heteroatoms. The van der Waals surface area contributed by atoms with E-state index in [0.29, 0.717) is 0 Å². The van der Waals surface area contributed by atoms with Crippen LogP contribution in [0.1, 0.15) is 0 Å². The van der Waals surface area contributed by atoms with E-state index in [1.54, 1.807) is 0 Å². The minimum atomic E-state index is -3.23. The molecule has 0 fully saturated rings. The first-order chi connectivity index (χ1) is 2.64. The third-order valence-electron chi connectivity index (χ3n) is 0.145. The van der Waals surface area contributed by atoms with E-state index in [9.17, 15) is 8.78 Å². The number of alkyl halides is 2. The average molecular weight is 115 g/mol. The lowest BCUT2D eigenvalue weighted by Gasteiger charge is -1.98. The van der Waals surface area contributed by atoms with Crippen molar-refractivity contribution in [3.8, 4) is 0 Å². The Morgan fingerprint density at radius 3 is 1.83 bits per heavy atom. The molecule has 0 aromatic rings. The van der Waals surface area contributed by atoms with Crippen LogP contribution >= 0.6 is 0 Å². The molecule has 0 aliphatic rings. The largest absolute Gasteiger partial charge is 0.768 e. The first-order valence-electron chi connectivity index (χ1n) is 1.01. The van der Waals surface area contributed by atoms with Gasteiger partial charge in [0.05, 0.1) is 0 Å². The zero-order valence-corrected chi connectivity index (χ0v) is 3.37. The quantitative estimate of drug-likeness (QED) is 0.454. The molecule has 0 aromatic carbocycles. The Bertz CT molecular complexity index is 62.6. The zero-order chi connectivity index (χ0) is 5.15. The van der Waals surface area contributed by atoms with Gasteiger partial charge in [-0.3, -0.25) is 4.21 Å². The molecule has 1 unspecified atom stereocenters. The van der Waals surface area contributed by atoms with Crippen LogP contribution in [-0.4, -0.2) is 14.5 Å². The van der Waals surface area contributed by atoms with Crippen molar-refractivity contribution in [1.82, 2.24) is 0 Å². The molecule has 0 aromatic heterocycles. The summed E-state index contributed by atoms with van der Waals surface area (Å²) in [6.07, 6.45) is 0. The van der Waals surface area contributed by atoms with Crippen molar-refractivity contribution in [3.05, 3.63) is 0 Å². The molecule has 2 nitrogen and oxygen atoms in total. The predicted molar refractivity (Wildman–Crippen MR) is 14.9 cm³/mol. The first kappa shape index (κ1) is 5.97. The van der Waals surface area contributed by atoms with Crippen molar-refractivity contribution in [3.63, 3.8) is 0 Å². The second-order valence-corrected chi connectivity index (χ2v) is 1.40. The molecule has 0 rings (SSSR count). The molecule has 0 heterocycles. The minimum Gasteiger partial charge on any atom is -0.768 e. The summed E-state index contributed by atoms with van der Waals surface area (Å²) in [6, 6.07) is 0. The third-order valence-corrected chi connectivity index (χ3v) is 0.436. The summed E-state index contributed by atoms with van der Waals surface area (Å²) in [4.78, 5) is 0. The maximum atomic E-state index is 10.5. The van der Waals surface area contributed by atoms with Gasteiger partial charge in [-0.05, 0) is 0 Å². The fourth-order valence-electron chi connectivity index (χ4n) is 0. The van der Waals surface area contributed by atoms with E-state index in [-0.39, 0.29) is 0 Å². The van der Waals surface area contributed by atoms with Gasteiger partial charge in [-0.2, -0.15) is 8.78 Å². The Kier molecular flexibility index (Phi) is 2.19. The van der Waals surface area contributed by atoms with Crippen LogP contribution in [0.2, 0.25) is 0 Å². The van der Waals surface area contributed by atoms with Crippen molar-refractivity contribution in [1.29, 1.82) is 0 Å². The zero-order valence-electron chi connectivity index (χ0n) is 2.56. The smallest absolute Gasteiger partial charge is 0.299 e. The van der Waals surface area contributed by atoms with Crippen molar-refractivity contribution < 1.29 is 17.5 Å². The Labute approximate surface area is 35.4 Å². The molecule has 1 atom stereocenters. The molecule has 0 saturated heterocycles. The highest BCUT2D eigenvalue weighted by Gasteiger charge is 1.96. The van der Waals surface area contributed by atoms with Crippen LogP contribution in [0.15, 0.2) is 0 Å². The van der Waals surface area contributed by atoms with Crippen molar-refractivity contribution in [2.75, 3.05) is 0 Å². The van der Waals surface area contributed by atoms with Gasteiger partial charge in [0.25, 0.3) is 5.76 Å². The fourth-order valence-corrected chi connectivity index (χ4v) is 0. The van der Waals surface area contributed by atoms with Crippen molar-refractivity contribution in [2.45, 2.75) is 5.76 Å². The van der Waals surface area contributed by atoms with E-state index in [0.717, 1.165) is 0 Å². The lowest BCUT2D eigenvalue weighted by molar-refractivity contribution is 0.229. The molecule has 0 saturated carbocycles. The second kappa shape index (κ2) is 2.20. The summed E-state index contributed by atoms with van der Waals surface area (Å²) >= 11 is -3.20. The van der Waals surface area contributed by atoms with Crippen LogP contribution in [0.25, 0.3) is 0 Å². The summed E-state index contributed by atoms with van der Waals surface area (Å²) < 4.78 is 39.0. The summed E-state index contributed by atoms with van der Waals surface area (Å²) in [5.41, 5.74) is 0. The van der Waals surface area contributed by atoms with Crippen molar-refractivity contribution >= 4 is 11.1 Å². The first-order valence-corrected chi connectivity index (χ1v) is 2.14. The fraction of sp³-hybridized carbons (Fsp3) is 1.00. The topological polar surface area (TPSA) is 40.1 Å². The predicted octanol–water partition coefficient (Wildman–Crippen LogP) is 0.0881. The van der Waals surface area contributed by atoms with Crippen LogP contribution in [0, 0.1) is 0 Å². The summed E-state index contributed by atoms with van der Waals surface area (Å²) in [7, 11) is 0. The number of halogens is 2. The van der Waals surface area contributed by atoms with Gasteiger partial charge >= 0.3 is 0 Å². The Hall–Kier alpha value is -0.0300. The highest BCUT2D eigenvalue weighted by molar-refractivity contribution is 7.79. The molecule has 0 amide bonds. The summed E-state index contributed by atoms with van der Waals surface area (Å²) in [5, 5.41) is 0. The lowest BCUT2D eigenvalue weighted by atomic mass is 11.7. The van der Waals surface area contributed by atoms with Crippen LogP contribution in [0.4, 0.5) is 8.78 Å². The monoisotopic (exact) mass is 115 g/mol. The lowest BCUT2D eigenvalue weighted by Crippen LogP contribution is -1.98. The normalized spacial score (nSPS) is 15.3. The highest BCUT2D eigenvalue weighted by Crippen LogP contribution is 1.92. The van der Waals surface area contributed by atoms with E-state index in [1.165, 1.54) is 0 Å². The van der Waals surface area contributed by atoms with E-state index in [4.69, 9.17) is 8.76 Å². The van der Waals surface area contributed by atoms with Gasteiger partial charge in [-0.1, -0.05) is 0 Å². The number of hydrogen-bond acceptors (Lipinski definition) is 2. The van der Waals surface area contributed by atoms with Crippen LogP contribution in [0.3, 0.4) is 0 Å². The molecular formula is CHF2O2S-. The molecule has 0 aliphatic carbocycles. The van der Waals surface area contributed by atoms with Gasteiger partial charge in [0.15, 0.2) is 0 Å². The van der Waals surface area contributed by atoms with Gasteiger partial charge in [0.1, 0.15) is 0 Å².